The van der Waals surface area contributed by atoms with Crippen molar-refractivity contribution in [2.45, 2.75) is 44.4 Å². The first-order valence-electron chi connectivity index (χ1n) is 16.3. The molecule has 1 unspecified atom stereocenters. The SMILES string of the molecule is C=Cc1c(C=C)c(-c2ccc3ccccc3c2)c2ccccc2c1C1=CC(c2ccc3c(c2)C(C)(C)C2=C3C=CCC2)CC=C1. The lowest BCUT2D eigenvalue weighted by Gasteiger charge is -2.27. The maximum Gasteiger partial charge on any atom is 0.0121 e. The Morgan fingerprint density at radius 3 is 2.27 bits per heavy atom. The van der Waals surface area contributed by atoms with E-state index >= 15 is 0 Å². The van der Waals surface area contributed by atoms with Crippen LogP contribution in [0.15, 0.2) is 134 Å². The summed E-state index contributed by atoms with van der Waals surface area (Å²) in [6, 6.07) is 31.5. The lowest BCUT2D eigenvalue weighted by Crippen LogP contribution is -2.18. The summed E-state index contributed by atoms with van der Waals surface area (Å²) in [7, 11) is 0. The zero-order valence-corrected chi connectivity index (χ0v) is 26.2. The standard InChI is InChI=1S/C45H38/c1-5-35-36(6-2)44(34-23-22-29-14-7-8-15-30(29)26-34)40-20-10-9-19-39(40)43(35)33-17-13-16-31(27-33)32-24-25-38-37-18-11-12-21-41(37)45(3,4)42(38)28-32/h5-11,13-15,17-20,22-28,31H,1-2,12,16,21H2,3-4H3. The van der Waals surface area contributed by atoms with Crippen LogP contribution in [-0.2, 0) is 5.41 Å². The van der Waals surface area contributed by atoms with Crippen LogP contribution in [-0.4, -0.2) is 0 Å². The van der Waals surface area contributed by atoms with Gasteiger partial charge in [-0.25, -0.2) is 0 Å². The van der Waals surface area contributed by atoms with Gasteiger partial charge < -0.3 is 0 Å². The molecule has 0 fully saturated rings. The summed E-state index contributed by atoms with van der Waals surface area (Å²) in [4.78, 5) is 0. The van der Waals surface area contributed by atoms with Gasteiger partial charge in [-0.1, -0.05) is 154 Å². The van der Waals surface area contributed by atoms with Gasteiger partial charge >= 0.3 is 0 Å². The van der Waals surface area contributed by atoms with E-state index in [1.165, 1.54) is 66.1 Å². The maximum absolute atomic E-state index is 4.35. The summed E-state index contributed by atoms with van der Waals surface area (Å²) in [6.07, 6.45) is 19.2. The molecule has 8 rings (SSSR count). The summed E-state index contributed by atoms with van der Waals surface area (Å²) >= 11 is 0. The largest absolute Gasteiger partial charge is 0.0984 e. The summed E-state index contributed by atoms with van der Waals surface area (Å²) in [5, 5.41) is 4.97. The average Bonchev–Trinajstić information content (AvgIpc) is 3.32. The van der Waals surface area contributed by atoms with Crippen LogP contribution in [0.25, 0.3) is 56.0 Å². The van der Waals surface area contributed by atoms with E-state index in [1.807, 2.05) is 12.2 Å². The Morgan fingerprint density at radius 1 is 0.733 bits per heavy atom. The Balaban J connectivity index is 1.28. The Bertz CT molecular complexity index is 2190. The molecule has 45 heavy (non-hydrogen) atoms. The van der Waals surface area contributed by atoms with Crippen LogP contribution in [0.3, 0.4) is 0 Å². The molecule has 0 N–H and O–H groups in total. The highest BCUT2D eigenvalue weighted by molar-refractivity contribution is 6.11. The predicted octanol–water partition coefficient (Wildman–Crippen LogP) is 12.5. The third kappa shape index (κ3) is 4.27. The number of fused-ring (bicyclic) bond motifs is 4. The lowest BCUT2D eigenvalue weighted by atomic mass is 9.77. The van der Waals surface area contributed by atoms with Crippen LogP contribution >= 0.6 is 0 Å². The molecule has 0 saturated carbocycles. The first-order valence-corrected chi connectivity index (χ1v) is 16.3. The molecule has 0 heteroatoms. The van der Waals surface area contributed by atoms with E-state index in [2.05, 4.69) is 142 Å². The molecular formula is C45H38. The Kier molecular flexibility index (Phi) is 6.50. The van der Waals surface area contributed by atoms with Crippen molar-refractivity contribution in [3.05, 3.63) is 167 Å². The van der Waals surface area contributed by atoms with Gasteiger partial charge in [0.05, 0.1) is 0 Å². The van der Waals surface area contributed by atoms with Crippen molar-refractivity contribution in [3.63, 3.8) is 0 Å². The van der Waals surface area contributed by atoms with Crippen LogP contribution in [0.1, 0.15) is 72.4 Å². The maximum atomic E-state index is 4.35. The minimum Gasteiger partial charge on any atom is -0.0984 e. The van der Waals surface area contributed by atoms with E-state index in [0.29, 0.717) is 5.92 Å². The van der Waals surface area contributed by atoms with Gasteiger partial charge in [0.15, 0.2) is 0 Å². The highest BCUT2D eigenvalue weighted by Crippen LogP contribution is 2.51. The Morgan fingerprint density at radius 2 is 1.47 bits per heavy atom. The summed E-state index contributed by atoms with van der Waals surface area (Å²) in [6.45, 7) is 13.5. The van der Waals surface area contributed by atoms with Crippen LogP contribution in [0.2, 0.25) is 0 Å². The zero-order chi connectivity index (χ0) is 30.7. The first kappa shape index (κ1) is 27.6. The molecule has 0 spiro atoms. The van der Waals surface area contributed by atoms with Crippen LogP contribution in [0.4, 0.5) is 0 Å². The minimum atomic E-state index is 0.0756. The molecule has 0 heterocycles. The molecule has 3 aliphatic carbocycles. The van der Waals surface area contributed by atoms with E-state index < -0.39 is 0 Å². The third-order valence-electron chi connectivity index (χ3n) is 10.5. The molecule has 3 aliphatic rings. The number of hydrogen-bond acceptors (Lipinski definition) is 0. The van der Waals surface area contributed by atoms with E-state index in [-0.39, 0.29) is 5.41 Å². The van der Waals surface area contributed by atoms with Crippen LogP contribution < -0.4 is 0 Å². The Labute approximate surface area is 267 Å². The van der Waals surface area contributed by atoms with Gasteiger partial charge in [0.2, 0.25) is 0 Å². The highest BCUT2D eigenvalue weighted by Gasteiger charge is 2.37. The minimum absolute atomic E-state index is 0.0756. The Hall–Kier alpha value is -4.94. The van der Waals surface area contributed by atoms with Crippen molar-refractivity contribution >= 4 is 44.8 Å². The average molecular weight is 579 g/mol. The first-order chi connectivity index (χ1) is 22.0. The fourth-order valence-corrected chi connectivity index (χ4v) is 8.22. The summed E-state index contributed by atoms with van der Waals surface area (Å²) in [5.74, 6) is 0.308. The second kappa shape index (κ2) is 10.6. The van der Waals surface area contributed by atoms with E-state index in [9.17, 15) is 0 Å². The fourth-order valence-electron chi connectivity index (χ4n) is 8.22. The molecule has 1 atom stereocenters. The van der Waals surface area contributed by atoms with E-state index in [1.54, 1.807) is 5.57 Å². The summed E-state index contributed by atoms with van der Waals surface area (Å²) < 4.78 is 0. The van der Waals surface area contributed by atoms with Crippen molar-refractivity contribution < 1.29 is 0 Å². The number of rotatable bonds is 5. The molecule has 0 aromatic heterocycles. The van der Waals surface area contributed by atoms with Crippen LogP contribution in [0.5, 0.6) is 0 Å². The molecule has 5 aromatic carbocycles. The third-order valence-corrected chi connectivity index (χ3v) is 10.5. The molecule has 0 bridgehead atoms. The normalized spacial score (nSPS) is 18.2. The molecule has 0 nitrogen and oxygen atoms in total. The quantitative estimate of drug-likeness (QED) is 0.195. The molecular weight excluding hydrogens is 540 g/mol. The smallest absolute Gasteiger partial charge is 0.0121 e. The van der Waals surface area contributed by atoms with Gasteiger partial charge in [0, 0.05) is 11.3 Å². The van der Waals surface area contributed by atoms with Gasteiger partial charge in [-0.3, -0.25) is 0 Å². The fraction of sp³-hybridized carbons (Fsp3) is 0.156. The number of benzene rings is 5. The van der Waals surface area contributed by atoms with Gasteiger partial charge in [-0.15, -0.1) is 0 Å². The molecule has 5 aromatic rings. The predicted molar refractivity (Wildman–Crippen MR) is 196 cm³/mol. The number of allylic oxidation sites excluding steroid dienone is 8. The molecule has 0 amide bonds. The second-order valence-electron chi connectivity index (χ2n) is 13.2. The molecule has 0 saturated heterocycles. The van der Waals surface area contributed by atoms with Gasteiger partial charge in [0.25, 0.3) is 0 Å². The van der Waals surface area contributed by atoms with Crippen molar-refractivity contribution in [1.82, 2.24) is 0 Å². The molecule has 0 radical (unpaired) electrons. The van der Waals surface area contributed by atoms with Crippen LogP contribution in [0, 0.1) is 0 Å². The van der Waals surface area contributed by atoms with Gasteiger partial charge in [-0.2, -0.15) is 0 Å². The monoisotopic (exact) mass is 578 g/mol. The van der Waals surface area contributed by atoms with E-state index in [0.717, 1.165) is 30.4 Å². The van der Waals surface area contributed by atoms with E-state index in [4.69, 9.17) is 0 Å². The highest BCUT2D eigenvalue weighted by atomic mass is 14.4. The van der Waals surface area contributed by atoms with Crippen molar-refractivity contribution in [2.75, 3.05) is 0 Å². The number of hydrogen-bond donors (Lipinski definition) is 0. The van der Waals surface area contributed by atoms with Gasteiger partial charge in [0.1, 0.15) is 0 Å². The van der Waals surface area contributed by atoms with Crippen molar-refractivity contribution in [3.8, 4) is 11.1 Å². The zero-order valence-electron chi connectivity index (χ0n) is 26.2. The topological polar surface area (TPSA) is 0 Å². The van der Waals surface area contributed by atoms with Crippen molar-refractivity contribution in [2.24, 2.45) is 0 Å². The molecule has 218 valence electrons. The summed E-state index contributed by atoms with van der Waals surface area (Å²) in [5.41, 5.74) is 14.6. The van der Waals surface area contributed by atoms with Crippen molar-refractivity contribution in [1.29, 1.82) is 0 Å². The molecule has 0 aliphatic heterocycles. The van der Waals surface area contributed by atoms with Gasteiger partial charge in [-0.05, 0) is 103 Å². The lowest BCUT2D eigenvalue weighted by molar-refractivity contribution is 0.606. The second-order valence-corrected chi connectivity index (χ2v) is 13.2.